The van der Waals surface area contributed by atoms with Gasteiger partial charge in [0, 0.05) is 17.5 Å². The number of halogens is 2. The van der Waals surface area contributed by atoms with E-state index in [4.69, 9.17) is 27.7 Å². The fourth-order valence-corrected chi connectivity index (χ4v) is 3.19. The Labute approximate surface area is 172 Å². The van der Waals surface area contributed by atoms with Crippen LogP contribution in [0.5, 0.6) is 0 Å². The summed E-state index contributed by atoms with van der Waals surface area (Å²) in [6.45, 7) is 5.60. The van der Waals surface area contributed by atoms with Crippen molar-refractivity contribution >= 4 is 40.9 Å². The summed E-state index contributed by atoms with van der Waals surface area (Å²) in [5.41, 5.74) is 2.72. The summed E-state index contributed by atoms with van der Waals surface area (Å²) in [6.07, 6.45) is 1.53. The zero-order chi connectivity index (χ0) is 20.4. The van der Waals surface area contributed by atoms with E-state index < -0.39 is 5.91 Å². The number of nitriles is 1. The van der Waals surface area contributed by atoms with Crippen LogP contribution < -0.4 is 5.32 Å². The molecule has 1 N–H and O–H groups in total. The van der Waals surface area contributed by atoms with Gasteiger partial charge in [0.25, 0.3) is 5.91 Å². The molecule has 2 aromatic heterocycles. The lowest BCUT2D eigenvalue weighted by atomic mass is 10.1. The summed E-state index contributed by atoms with van der Waals surface area (Å²) in [7, 11) is 0. The lowest BCUT2D eigenvalue weighted by Gasteiger charge is -2.07. The Balaban J connectivity index is 1.94. The monoisotopic (exact) mass is 414 g/mol. The van der Waals surface area contributed by atoms with E-state index in [1.807, 2.05) is 43.5 Å². The van der Waals surface area contributed by atoms with Gasteiger partial charge in [-0.15, -0.1) is 0 Å². The van der Waals surface area contributed by atoms with Crippen molar-refractivity contribution in [3.8, 4) is 11.9 Å². The van der Waals surface area contributed by atoms with Crippen LogP contribution in [-0.4, -0.2) is 15.6 Å². The van der Waals surface area contributed by atoms with Crippen LogP contribution in [0.3, 0.4) is 0 Å². The molecule has 0 radical (unpaired) electrons. The SMILES string of the molecule is Cc1cc(-n2c(C)cc(/C=C(\C#N)C(=O)Nc3cccc(Cl)c3Cl)c2C)no1. The van der Waals surface area contributed by atoms with E-state index in [2.05, 4.69) is 10.5 Å². The Bertz CT molecular complexity index is 1140. The van der Waals surface area contributed by atoms with Crippen LogP contribution in [0.15, 0.2) is 40.4 Å². The average molecular weight is 415 g/mol. The molecule has 28 heavy (non-hydrogen) atoms. The molecule has 6 nitrogen and oxygen atoms in total. The maximum Gasteiger partial charge on any atom is 0.266 e. The number of benzene rings is 1. The van der Waals surface area contributed by atoms with Gasteiger partial charge >= 0.3 is 0 Å². The molecule has 1 aromatic carbocycles. The van der Waals surface area contributed by atoms with E-state index in [0.29, 0.717) is 22.3 Å². The van der Waals surface area contributed by atoms with Crippen LogP contribution in [0.25, 0.3) is 11.9 Å². The summed E-state index contributed by atoms with van der Waals surface area (Å²) < 4.78 is 7.03. The second-order valence-corrected chi connectivity index (χ2v) is 6.97. The van der Waals surface area contributed by atoms with Crippen LogP contribution in [0, 0.1) is 32.1 Å². The van der Waals surface area contributed by atoms with Crippen LogP contribution in [0.1, 0.15) is 22.7 Å². The zero-order valence-electron chi connectivity index (χ0n) is 15.4. The molecule has 3 aromatic rings. The third-order valence-electron chi connectivity index (χ3n) is 4.18. The van der Waals surface area contributed by atoms with Crippen LogP contribution >= 0.6 is 23.2 Å². The molecule has 0 aliphatic rings. The third kappa shape index (κ3) is 3.81. The number of rotatable bonds is 4. The molecule has 8 heteroatoms. The van der Waals surface area contributed by atoms with Gasteiger partial charge in [-0.05, 0) is 50.6 Å². The molecule has 0 aliphatic carbocycles. The first-order valence-electron chi connectivity index (χ1n) is 8.31. The summed E-state index contributed by atoms with van der Waals surface area (Å²) in [6, 6.07) is 10.5. The number of aromatic nitrogens is 2. The maximum atomic E-state index is 12.6. The molecular formula is C20H16Cl2N4O2. The normalized spacial score (nSPS) is 11.4. The standard InChI is InChI=1S/C20H16Cl2N4O2/c1-11-7-14(13(3)26(11)18-8-12(2)28-25-18)9-15(10-23)20(27)24-17-6-4-5-16(21)19(17)22/h4-9H,1-3H3,(H,24,27)/b15-9+. The summed E-state index contributed by atoms with van der Waals surface area (Å²) in [5.74, 6) is 0.754. The molecule has 0 aliphatic heterocycles. The first-order chi connectivity index (χ1) is 13.3. The minimum atomic E-state index is -0.575. The quantitative estimate of drug-likeness (QED) is 0.466. The number of hydrogen-bond donors (Lipinski definition) is 1. The van der Waals surface area contributed by atoms with Crippen molar-refractivity contribution < 1.29 is 9.32 Å². The van der Waals surface area contributed by atoms with Gasteiger partial charge in [-0.3, -0.25) is 9.36 Å². The largest absolute Gasteiger partial charge is 0.360 e. The minimum Gasteiger partial charge on any atom is -0.360 e. The topological polar surface area (TPSA) is 83.9 Å². The highest BCUT2D eigenvalue weighted by Gasteiger charge is 2.16. The van der Waals surface area contributed by atoms with Gasteiger partial charge in [-0.2, -0.15) is 5.26 Å². The molecule has 0 spiro atoms. The molecule has 0 saturated heterocycles. The molecule has 142 valence electrons. The number of hydrogen-bond acceptors (Lipinski definition) is 4. The molecule has 0 unspecified atom stereocenters. The fourth-order valence-electron chi connectivity index (χ4n) is 2.84. The lowest BCUT2D eigenvalue weighted by molar-refractivity contribution is -0.112. The smallest absolute Gasteiger partial charge is 0.266 e. The van der Waals surface area contributed by atoms with E-state index in [9.17, 15) is 10.1 Å². The number of nitrogens with zero attached hydrogens (tertiary/aromatic N) is 3. The zero-order valence-corrected chi connectivity index (χ0v) is 16.9. The minimum absolute atomic E-state index is 0.0624. The molecule has 0 bridgehead atoms. The Morgan fingerprint density at radius 1 is 1.29 bits per heavy atom. The highest BCUT2D eigenvalue weighted by atomic mass is 35.5. The third-order valence-corrected chi connectivity index (χ3v) is 5.00. The molecular weight excluding hydrogens is 399 g/mol. The van der Waals surface area contributed by atoms with E-state index in [1.165, 1.54) is 6.08 Å². The van der Waals surface area contributed by atoms with Crippen molar-refractivity contribution in [3.63, 3.8) is 0 Å². The van der Waals surface area contributed by atoms with E-state index in [1.54, 1.807) is 18.2 Å². The molecule has 3 rings (SSSR count). The van der Waals surface area contributed by atoms with Gasteiger partial charge in [0.15, 0.2) is 5.82 Å². The van der Waals surface area contributed by atoms with Crippen molar-refractivity contribution in [3.05, 3.63) is 68.7 Å². The number of carbonyl (C=O) groups is 1. The van der Waals surface area contributed by atoms with Gasteiger partial charge in [-0.25, -0.2) is 0 Å². The first-order valence-corrected chi connectivity index (χ1v) is 9.07. The number of nitrogens with one attached hydrogen (secondary N) is 1. The Kier molecular flexibility index (Phi) is 5.59. The number of carbonyl (C=O) groups excluding carboxylic acids is 1. The Morgan fingerprint density at radius 2 is 2.04 bits per heavy atom. The second kappa shape index (κ2) is 7.93. The van der Waals surface area contributed by atoms with E-state index in [-0.39, 0.29) is 10.6 Å². The number of anilines is 1. The maximum absolute atomic E-state index is 12.6. The van der Waals surface area contributed by atoms with Crippen LogP contribution in [0.2, 0.25) is 10.0 Å². The number of aryl methyl sites for hydroxylation is 2. The summed E-state index contributed by atoms with van der Waals surface area (Å²) >= 11 is 12.1. The van der Waals surface area contributed by atoms with E-state index in [0.717, 1.165) is 17.0 Å². The Morgan fingerprint density at radius 3 is 2.68 bits per heavy atom. The van der Waals surface area contributed by atoms with Crippen molar-refractivity contribution in [1.82, 2.24) is 9.72 Å². The summed E-state index contributed by atoms with van der Waals surface area (Å²) in [4.78, 5) is 12.6. The lowest BCUT2D eigenvalue weighted by Crippen LogP contribution is -2.13. The van der Waals surface area contributed by atoms with E-state index >= 15 is 0 Å². The predicted molar refractivity (Wildman–Crippen MR) is 109 cm³/mol. The van der Waals surface area contributed by atoms with Crippen molar-refractivity contribution in [2.75, 3.05) is 5.32 Å². The second-order valence-electron chi connectivity index (χ2n) is 6.18. The molecule has 1 amide bonds. The first kappa shape index (κ1) is 19.7. The van der Waals surface area contributed by atoms with Gasteiger partial charge in [-0.1, -0.05) is 34.4 Å². The van der Waals surface area contributed by atoms with Crippen molar-refractivity contribution in [1.29, 1.82) is 5.26 Å². The fraction of sp³-hybridized carbons (Fsp3) is 0.150. The highest BCUT2D eigenvalue weighted by Crippen LogP contribution is 2.30. The van der Waals surface area contributed by atoms with Crippen molar-refractivity contribution in [2.45, 2.75) is 20.8 Å². The van der Waals surface area contributed by atoms with Gasteiger partial charge < -0.3 is 9.84 Å². The Hall–Kier alpha value is -3.01. The molecule has 2 heterocycles. The van der Waals surface area contributed by atoms with Crippen LogP contribution in [-0.2, 0) is 4.79 Å². The van der Waals surface area contributed by atoms with Crippen LogP contribution in [0.4, 0.5) is 5.69 Å². The average Bonchev–Trinajstić information content (AvgIpc) is 3.19. The van der Waals surface area contributed by atoms with Gasteiger partial charge in [0.05, 0.1) is 15.7 Å². The van der Waals surface area contributed by atoms with Crippen molar-refractivity contribution in [2.24, 2.45) is 0 Å². The number of amides is 1. The van der Waals surface area contributed by atoms with Gasteiger partial charge in [0.1, 0.15) is 17.4 Å². The molecule has 0 saturated carbocycles. The summed E-state index contributed by atoms with van der Waals surface area (Å²) in [5, 5.41) is 16.6. The predicted octanol–water partition coefficient (Wildman–Crippen LogP) is 5.24. The highest BCUT2D eigenvalue weighted by molar-refractivity contribution is 6.44. The molecule has 0 fully saturated rings. The molecule has 0 atom stereocenters. The van der Waals surface area contributed by atoms with Gasteiger partial charge in [0.2, 0.25) is 0 Å².